The van der Waals surface area contributed by atoms with Gasteiger partial charge in [-0.05, 0) is 96.3 Å². The van der Waals surface area contributed by atoms with Gasteiger partial charge in [0.05, 0.1) is 0 Å². The van der Waals surface area contributed by atoms with E-state index in [1.807, 2.05) is 6.08 Å². The van der Waals surface area contributed by atoms with Crippen LogP contribution in [0.4, 0.5) is 0 Å². The Kier molecular flexibility index (Phi) is 43.6. The molecule has 0 heterocycles. The average Bonchev–Trinajstić information content (AvgIpc) is 3.22. The lowest BCUT2D eigenvalue weighted by atomic mass is 10.1. The summed E-state index contributed by atoms with van der Waals surface area (Å²) in [7, 11) is 0. The van der Waals surface area contributed by atoms with Gasteiger partial charge in [0.25, 0.3) is 0 Å². The summed E-state index contributed by atoms with van der Waals surface area (Å²) in [6, 6.07) is 0. The van der Waals surface area contributed by atoms with Crippen LogP contribution in [0.2, 0.25) is 0 Å². The smallest absolute Gasteiger partial charge is 0.306 e. The van der Waals surface area contributed by atoms with Gasteiger partial charge in [-0.3, -0.25) is 14.4 Å². The first-order valence-corrected chi connectivity index (χ1v) is 23.6. The van der Waals surface area contributed by atoms with Crippen LogP contribution in [-0.2, 0) is 28.6 Å². The molecule has 6 nitrogen and oxygen atoms in total. The lowest BCUT2D eigenvalue weighted by Gasteiger charge is -2.18. The Hall–Kier alpha value is -3.41. The average molecular weight is 807 g/mol. The molecule has 0 saturated carbocycles. The fraction of sp³-hybridized carbons (Fsp3) is 0.673. The highest BCUT2D eigenvalue weighted by atomic mass is 16.6. The van der Waals surface area contributed by atoms with Crippen molar-refractivity contribution in [3.8, 4) is 0 Å². The highest BCUT2D eigenvalue weighted by molar-refractivity contribution is 5.71. The number of carbonyl (C=O) groups is 3. The second-order valence-corrected chi connectivity index (χ2v) is 15.3. The van der Waals surface area contributed by atoms with E-state index in [0.29, 0.717) is 19.3 Å². The molecule has 0 aliphatic rings. The minimum absolute atomic E-state index is 0.115. The monoisotopic (exact) mass is 807 g/mol. The van der Waals surface area contributed by atoms with Crippen molar-refractivity contribution in [2.75, 3.05) is 13.2 Å². The first-order chi connectivity index (χ1) is 28.5. The molecule has 0 radical (unpaired) electrons. The van der Waals surface area contributed by atoms with Crippen molar-refractivity contribution in [3.05, 3.63) is 85.1 Å². The van der Waals surface area contributed by atoms with E-state index in [0.717, 1.165) is 96.3 Å². The van der Waals surface area contributed by atoms with Gasteiger partial charge in [0.1, 0.15) is 13.2 Å². The van der Waals surface area contributed by atoms with Crippen molar-refractivity contribution in [2.24, 2.45) is 0 Å². The summed E-state index contributed by atoms with van der Waals surface area (Å²) < 4.78 is 16.6. The molecular weight excluding hydrogens is 721 g/mol. The van der Waals surface area contributed by atoms with E-state index in [9.17, 15) is 14.4 Å². The molecule has 0 N–H and O–H groups in total. The molecule has 330 valence electrons. The number of carbonyl (C=O) groups excluding carboxylic acids is 3. The highest BCUT2D eigenvalue weighted by Crippen LogP contribution is 2.12. The van der Waals surface area contributed by atoms with E-state index in [1.54, 1.807) is 0 Å². The Bertz CT molecular complexity index is 1160. The van der Waals surface area contributed by atoms with Crippen molar-refractivity contribution in [1.29, 1.82) is 0 Å². The summed E-state index contributed by atoms with van der Waals surface area (Å²) in [4.78, 5) is 37.7. The molecule has 0 spiro atoms. The van der Waals surface area contributed by atoms with E-state index in [4.69, 9.17) is 14.2 Å². The molecule has 0 aliphatic carbocycles. The van der Waals surface area contributed by atoms with Crippen molar-refractivity contribution in [3.63, 3.8) is 0 Å². The zero-order chi connectivity index (χ0) is 42.3. The second-order valence-electron chi connectivity index (χ2n) is 15.3. The zero-order valence-electron chi connectivity index (χ0n) is 37.5. The summed E-state index contributed by atoms with van der Waals surface area (Å²) in [6.07, 6.45) is 58.6. The number of hydrogen-bond donors (Lipinski definition) is 0. The Balaban J connectivity index is 4.52. The van der Waals surface area contributed by atoms with Crippen molar-refractivity contribution in [2.45, 2.75) is 213 Å². The molecule has 0 saturated heterocycles. The van der Waals surface area contributed by atoms with Crippen LogP contribution in [0.5, 0.6) is 0 Å². The minimum atomic E-state index is -0.821. The van der Waals surface area contributed by atoms with Crippen LogP contribution in [0.15, 0.2) is 85.1 Å². The number of unbranched alkanes of at least 4 members (excludes halogenated alkanes) is 16. The Morgan fingerprint density at radius 1 is 0.362 bits per heavy atom. The van der Waals surface area contributed by atoms with Gasteiger partial charge in [0.15, 0.2) is 6.10 Å². The molecule has 0 fully saturated rings. The maximum atomic E-state index is 12.7. The van der Waals surface area contributed by atoms with E-state index in [1.165, 1.54) is 64.2 Å². The van der Waals surface area contributed by atoms with Crippen molar-refractivity contribution >= 4 is 17.9 Å². The van der Waals surface area contributed by atoms with Crippen LogP contribution in [0, 0.1) is 0 Å². The fourth-order valence-electron chi connectivity index (χ4n) is 6.05. The van der Waals surface area contributed by atoms with Crippen LogP contribution in [0.3, 0.4) is 0 Å². The number of ether oxygens (including phenoxy) is 3. The Morgan fingerprint density at radius 3 is 1.21 bits per heavy atom. The molecule has 0 aromatic carbocycles. The largest absolute Gasteiger partial charge is 0.462 e. The summed E-state index contributed by atoms with van der Waals surface area (Å²) >= 11 is 0. The molecule has 0 aromatic heterocycles. The van der Waals surface area contributed by atoms with Gasteiger partial charge < -0.3 is 14.2 Å². The quantitative estimate of drug-likeness (QED) is 0.0265. The van der Waals surface area contributed by atoms with Crippen LogP contribution in [-0.4, -0.2) is 37.2 Å². The third kappa shape index (κ3) is 43.7. The fourth-order valence-corrected chi connectivity index (χ4v) is 6.05. The SMILES string of the molecule is CC/C=C\C/C=C\C/C=C\C/C=C\CCCCCC(=O)OCC(COC(=O)CCCCCCC/C=C\CCCC)OC(=O)CC/C=C\C/C=C\CCCCCCCC. The van der Waals surface area contributed by atoms with E-state index in [-0.39, 0.29) is 31.6 Å². The first-order valence-electron chi connectivity index (χ1n) is 23.6. The lowest BCUT2D eigenvalue weighted by molar-refractivity contribution is -0.166. The molecule has 0 amide bonds. The maximum absolute atomic E-state index is 12.7. The standard InChI is InChI=1S/C52H86O6/c1-4-7-10-13-16-19-22-24-25-26-28-30-33-36-39-42-45-51(54)57-48-49(47-56-50(53)44-41-38-35-32-29-21-18-15-12-9-6-3)58-52(55)46-43-40-37-34-31-27-23-20-17-14-11-8-5-2/h7,10,15-16,18-19,24-25,27-28,30-31,37,40,49H,4-6,8-9,11-14,17,20-23,26,29,32-36,38-39,41-48H2,1-3H3/b10-7-,18-15-,19-16-,25-24-,30-28-,31-27-,40-37-. The molecule has 0 aliphatic heterocycles. The normalized spacial score (nSPS) is 12.8. The first kappa shape index (κ1) is 54.6. The van der Waals surface area contributed by atoms with Gasteiger partial charge in [0.2, 0.25) is 0 Å². The van der Waals surface area contributed by atoms with Gasteiger partial charge in [-0.25, -0.2) is 0 Å². The van der Waals surface area contributed by atoms with Crippen LogP contribution < -0.4 is 0 Å². The van der Waals surface area contributed by atoms with Crippen LogP contribution in [0.1, 0.15) is 207 Å². The van der Waals surface area contributed by atoms with Gasteiger partial charge >= 0.3 is 17.9 Å². The van der Waals surface area contributed by atoms with E-state index >= 15 is 0 Å². The second kappa shape index (κ2) is 46.3. The lowest BCUT2D eigenvalue weighted by Crippen LogP contribution is -2.30. The van der Waals surface area contributed by atoms with Gasteiger partial charge in [0, 0.05) is 19.3 Å². The molecule has 1 atom stereocenters. The zero-order valence-corrected chi connectivity index (χ0v) is 37.5. The number of esters is 3. The highest BCUT2D eigenvalue weighted by Gasteiger charge is 2.19. The maximum Gasteiger partial charge on any atom is 0.306 e. The predicted molar refractivity (Wildman–Crippen MR) is 247 cm³/mol. The van der Waals surface area contributed by atoms with E-state index < -0.39 is 12.1 Å². The third-order valence-electron chi connectivity index (χ3n) is 9.62. The summed E-state index contributed by atoms with van der Waals surface area (Å²) in [6.45, 7) is 6.37. The molecule has 1 unspecified atom stereocenters. The predicted octanol–water partition coefficient (Wildman–Crippen LogP) is 15.3. The molecule has 0 aromatic rings. The third-order valence-corrected chi connectivity index (χ3v) is 9.62. The molecular formula is C52H86O6. The van der Waals surface area contributed by atoms with Crippen LogP contribution >= 0.6 is 0 Å². The molecule has 58 heavy (non-hydrogen) atoms. The summed E-state index contributed by atoms with van der Waals surface area (Å²) in [5.74, 6) is -1.03. The molecule has 0 rings (SSSR count). The van der Waals surface area contributed by atoms with Gasteiger partial charge in [-0.1, -0.05) is 176 Å². The number of hydrogen-bond acceptors (Lipinski definition) is 6. The Morgan fingerprint density at radius 2 is 0.724 bits per heavy atom. The Labute approximate surface area is 356 Å². The number of allylic oxidation sites excluding steroid dienone is 14. The van der Waals surface area contributed by atoms with Crippen molar-refractivity contribution in [1.82, 2.24) is 0 Å². The molecule has 0 bridgehead atoms. The van der Waals surface area contributed by atoms with Gasteiger partial charge in [-0.2, -0.15) is 0 Å². The van der Waals surface area contributed by atoms with Crippen molar-refractivity contribution < 1.29 is 28.6 Å². The summed E-state index contributed by atoms with van der Waals surface area (Å²) in [5.41, 5.74) is 0. The van der Waals surface area contributed by atoms with Crippen LogP contribution in [0.25, 0.3) is 0 Å². The minimum Gasteiger partial charge on any atom is -0.462 e. The summed E-state index contributed by atoms with van der Waals surface area (Å²) in [5, 5.41) is 0. The molecule has 6 heteroatoms. The van der Waals surface area contributed by atoms with Gasteiger partial charge in [-0.15, -0.1) is 0 Å². The van der Waals surface area contributed by atoms with E-state index in [2.05, 4.69) is 99.8 Å². The topological polar surface area (TPSA) is 78.9 Å². The number of rotatable bonds is 41.